The molecule has 7 heteroatoms. The first-order chi connectivity index (χ1) is 15.4. The lowest BCUT2D eigenvalue weighted by atomic mass is 9.58. The summed E-state index contributed by atoms with van der Waals surface area (Å²) in [6.45, 7) is 7.40. The molecule has 2 aliphatic carbocycles. The van der Waals surface area contributed by atoms with Crippen LogP contribution in [0.3, 0.4) is 0 Å². The molecule has 0 spiro atoms. The number of alkyl halides is 2. The maximum absolute atomic E-state index is 10.9. The number of rotatable bonds is 5. The Morgan fingerprint density at radius 2 is 1.55 bits per heavy atom. The molecule has 184 valence electrons. The van der Waals surface area contributed by atoms with Gasteiger partial charge in [0.2, 0.25) is 0 Å². The average Bonchev–Trinajstić information content (AvgIpc) is 2.76. The Balaban J connectivity index is 1.94. The van der Waals surface area contributed by atoms with Gasteiger partial charge in [-0.25, -0.2) is 0 Å². The maximum atomic E-state index is 10.9. The molecule has 1 aromatic carbocycles. The van der Waals surface area contributed by atoms with Gasteiger partial charge in [0.25, 0.3) is 0 Å². The smallest absolute Gasteiger partial charge is 0.132 e. The van der Waals surface area contributed by atoms with Crippen LogP contribution in [0.4, 0.5) is 0 Å². The molecular weight excluding hydrogens is 996 g/mol. The second-order valence-electron chi connectivity index (χ2n) is 10.5. The second kappa shape index (κ2) is 12.5. The van der Waals surface area contributed by atoms with Crippen molar-refractivity contribution in [3.63, 3.8) is 0 Å². The molecule has 0 radical (unpaired) electrons. The molecule has 0 saturated heterocycles. The van der Waals surface area contributed by atoms with E-state index in [0.29, 0.717) is 27.2 Å². The van der Waals surface area contributed by atoms with Crippen LogP contribution in [-0.4, -0.2) is 14.8 Å². The molecule has 0 heterocycles. The summed E-state index contributed by atoms with van der Waals surface area (Å²) in [5, 5.41) is 10.9. The van der Waals surface area contributed by atoms with Crippen molar-refractivity contribution in [1.82, 2.24) is 0 Å². The number of phenolic OH excluding ortho intramolecular Hbond substituents is 1. The highest BCUT2D eigenvalue weighted by Crippen LogP contribution is 2.56. The second-order valence-corrected chi connectivity index (χ2v) is 16.3. The number of phenols is 1. The highest BCUT2D eigenvalue weighted by molar-refractivity contribution is 14.1. The van der Waals surface area contributed by atoms with Gasteiger partial charge < -0.3 is 5.11 Å². The fraction of sp³-hybridized carbons (Fsp3) is 0.615. The SMILES string of the molecule is CC1(C)[C@H](Br)CC/C(=C/I)[C@@H]1CC[C@@]1(C)[C@H](Cc2cc(I)cc(I)c2O)/C(=C\I)CC[C@@H]1Br. The van der Waals surface area contributed by atoms with Crippen molar-refractivity contribution in [2.75, 3.05) is 0 Å². The first-order valence-corrected chi connectivity index (χ1v) is 18.0. The maximum Gasteiger partial charge on any atom is 0.132 e. The van der Waals surface area contributed by atoms with Gasteiger partial charge in [-0.1, -0.05) is 109 Å². The third kappa shape index (κ3) is 6.52. The number of hydrogen-bond donors (Lipinski definition) is 1. The van der Waals surface area contributed by atoms with Crippen LogP contribution in [0, 0.1) is 29.8 Å². The minimum Gasteiger partial charge on any atom is -0.507 e. The molecule has 3 rings (SSSR count). The average molecular weight is 1030 g/mol. The minimum atomic E-state index is 0.139. The van der Waals surface area contributed by atoms with Gasteiger partial charge in [-0.15, -0.1) is 0 Å². The van der Waals surface area contributed by atoms with E-state index < -0.39 is 0 Å². The number of allylic oxidation sites excluding steroid dienone is 2. The number of hydrogen-bond acceptors (Lipinski definition) is 1. The van der Waals surface area contributed by atoms with Crippen molar-refractivity contribution in [3.8, 4) is 5.75 Å². The van der Waals surface area contributed by atoms with Crippen LogP contribution in [0.5, 0.6) is 5.75 Å². The summed E-state index contributed by atoms with van der Waals surface area (Å²) in [6.07, 6.45) is 8.05. The molecule has 1 aromatic rings. The molecule has 1 N–H and O–H groups in total. The van der Waals surface area contributed by atoms with E-state index in [4.69, 9.17) is 0 Å². The lowest BCUT2D eigenvalue weighted by Crippen LogP contribution is -2.44. The summed E-state index contributed by atoms with van der Waals surface area (Å²) < 4.78 is 6.83. The zero-order chi connectivity index (χ0) is 24.6. The van der Waals surface area contributed by atoms with E-state index in [1.54, 1.807) is 11.1 Å². The predicted octanol–water partition coefficient (Wildman–Crippen LogP) is 10.9. The highest BCUT2D eigenvalue weighted by atomic mass is 127. The van der Waals surface area contributed by atoms with Crippen LogP contribution in [0.1, 0.15) is 64.9 Å². The van der Waals surface area contributed by atoms with E-state index in [-0.39, 0.29) is 10.8 Å². The van der Waals surface area contributed by atoms with Crippen LogP contribution in [0.15, 0.2) is 31.4 Å². The van der Waals surface area contributed by atoms with Crippen LogP contribution in [-0.2, 0) is 6.42 Å². The minimum absolute atomic E-state index is 0.139. The Hall–Kier alpha value is 2.38. The Kier molecular flexibility index (Phi) is 11.3. The first-order valence-electron chi connectivity index (χ1n) is 11.5. The summed E-state index contributed by atoms with van der Waals surface area (Å²) in [4.78, 5) is 1.05. The molecule has 0 unspecified atom stereocenters. The topological polar surface area (TPSA) is 20.2 Å². The van der Waals surface area contributed by atoms with E-state index >= 15 is 0 Å². The van der Waals surface area contributed by atoms with Crippen molar-refractivity contribution < 1.29 is 5.11 Å². The predicted molar refractivity (Wildman–Crippen MR) is 183 cm³/mol. The standard InChI is InChI=1S/C26H32Br2I4O/c1-25(2)19(15(13-29)4-6-22(25)27)8-9-26(3)20(16(14-30)5-7-23(26)28)11-17-10-18(31)12-21(32)24(17)33/h10,12-14,19-20,22-23,33H,4-9,11H2,1-3H3/b15-13-,16-14-/t19-,20+,22+,23-,26-/m0/s1. The third-order valence-corrected chi connectivity index (χ3v) is 14.5. The summed E-state index contributed by atoms with van der Waals surface area (Å²) in [7, 11) is 0. The third-order valence-electron chi connectivity index (χ3n) is 8.27. The van der Waals surface area contributed by atoms with Gasteiger partial charge in [0.1, 0.15) is 5.75 Å². The largest absolute Gasteiger partial charge is 0.507 e. The molecule has 2 fully saturated rings. The Morgan fingerprint density at radius 3 is 2.15 bits per heavy atom. The molecule has 0 aromatic heterocycles. The molecule has 0 amide bonds. The van der Waals surface area contributed by atoms with Crippen molar-refractivity contribution in [3.05, 3.63) is 44.1 Å². The van der Waals surface area contributed by atoms with Gasteiger partial charge in [-0.2, -0.15) is 0 Å². The lowest BCUT2D eigenvalue weighted by Gasteiger charge is -2.50. The van der Waals surface area contributed by atoms with Gasteiger partial charge in [-0.05, 0) is 139 Å². The van der Waals surface area contributed by atoms with E-state index in [9.17, 15) is 5.11 Å². The number of benzene rings is 1. The number of aromatic hydroxyl groups is 1. The van der Waals surface area contributed by atoms with E-state index in [1.807, 2.05) is 0 Å². The van der Waals surface area contributed by atoms with Crippen molar-refractivity contribution in [2.24, 2.45) is 22.7 Å². The van der Waals surface area contributed by atoms with Gasteiger partial charge in [0.15, 0.2) is 0 Å². The van der Waals surface area contributed by atoms with Crippen LogP contribution in [0.25, 0.3) is 0 Å². The van der Waals surface area contributed by atoms with Crippen molar-refractivity contribution >= 4 is 122 Å². The van der Waals surface area contributed by atoms with Crippen LogP contribution < -0.4 is 0 Å². The molecular formula is C26H32Br2I4O. The molecule has 33 heavy (non-hydrogen) atoms. The lowest BCUT2D eigenvalue weighted by molar-refractivity contribution is 0.118. The monoisotopic (exact) mass is 1030 g/mol. The molecule has 0 aliphatic heterocycles. The highest BCUT2D eigenvalue weighted by Gasteiger charge is 2.47. The Labute approximate surface area is 271 Å². The zero-order valence-corrected chi connectivity index (χ0v) is 31.1. The quantitative estimate of drug-likeness (QED) is 0.230. The van der Waals surface area contributed by atoms with E-state index in [0.717, 1.165) is 22.0 Å². The summed E-state index contributed by atoms with van der Waals surface area (Å²) >= 11 is 17.7. The first kappa shape index (κ1) is 29.9. The molecule has 2 aliphatic rings. The van der Waals surface area contributed by atoms with Gasteiger partial charge >= 0.3 is 0 Å². The number of halogens is 6. The molecule has 2 saturated carbocycles. The van der Waals surface area contributed by atoms with Crippen LogP contribution >= 0.6 is 122 Å². The molecule has 5 atom stereocenters. The van der Waals surface area contributed by atoms with Crippen LogP contribution in [0.2, 0.25) is 0 Å². The van der Waals surface area contributed by atoms with Gasteiger partial charge in [0.05, 0.1) is 3.57 Å². The Bertz CT molecular complexity index is 929. The normalized spacial score (nSPS) is 34.7. The van der Waals surface area contributed by atoms with E-state index in [2.05, 4.69) is 163 Å². The Morgan fingerprint density at radius 1 is 0.970 bits per heavy atom. The molecule has 0 bridgehead atoms. The van der Waals surface area contributed by atoms with Gasteiger partial charge in [0, 0.05) is 13.2 Å². The zero-order valence-electron chi connectivity index (χ0n) is 19.3. The summed E-state index contributed by atoms with van der Waals surface area (Å²) in [5.41, 5.74) is 4.66. The fourth-order valence-electron chi connectivity index (χ4n) is 5.94. The summed E-state index contributed by atoms with van der Waals surface area (Å²) in [5.74, 6) is 1.49. The van der Waals surface area contributed by atoms with Crippen molar-refractivity contribution in [1.29, 1.82) is 0 Å². The molecule has 1 nitrogen and oxygen atoms in total. The van der Waals surface area contributed by atoms with Gasteiger partial charge in [-0.3, -0.25) is 0 Å². The van der Waals surface area contributed by atoms with E-state index in [1.165, 1.54) is 35.7 Å². The summed E-state index contributed by atoms with van der Waals surface area (Å²) in [6, 6.07) is 4.24. The van der Waals surface area contributed by atoms with Crippen molar-refractivity contribution in [2.45, 2.75) is 75.4 Å². The fourth-order valence-corrected chi connectivity index (χ4v) is 10.7.